The Kier molecular flexibility index (Phi) is 4.66. The first-order valence-corrected chi connectivity index (χ1v) is 6.52. The summed E-state index contributed by atoms with van der Waals surface area (Å²) in [6, 6.07) is 12.1. The topological polar surface area (TPSA) is 12.0 Å². The fourth-order valence-corrected chi connectivity index (χ4v) is 2.03. The normalized spacial score (nSPS) is 12.2. The van der Waals surface area contributed by atoms with E-state index in [2.05, 4.69) is 12.2 Å². The highest BCUT2D eigenvalue weighted by Crippen LogP contribution is 2.21. The van der Waals surface area contributed by atoms with E-state index in [1.165, 1.54) is 11.6 Å². The Morgan fingerprint density at radius 3 is 2.35 bits per heavy atom. The number of hydrogen-bond donors (Lipinski definition) is 1. The van der Waals surface area contributed by atoms with Gasteiger partial charge in [-0.2, -0.15) is 0 Å². The standard InChI is InChI=1S/C16H16F3N/c1-11(12-5-3-2-4-6-12)9-10-20-14-8-7-13(17)15(18)16(14)19/h2-8,11,20H,9-10H2,1H3. The molecule has 1 unspecified atom stereocenters. The fourth-order valence-electron chi connectivity index (χ4n) is 2.03. The molecule has 2 aromatic carbocycles. The lowest BCUT2D eigenvalue weighted by Crippen LogP contribution is -2.08. The predicted octanol–water partition coefficient (Wildman–Crippen LogP) is 4.71. The van der Waals surface area contributed by atoms with Crippen LogP contribution < -0.4 is 5.32 Å². The van der Waals surface area contributed by atoms with E-state index in [1.807, 2.05) is 30.3 Å². The zero-order valence-corrected chi connectivity index (χ0v) is 11.2. The first-order chi connectivity index (χ1) is 9.59. The van der Waals surface area contributed by atoms with Crippen molar-refractivity contribution < 1.29 is 13.2 Å². The van der Waals surface area contributed by atoms with E-state index in [9.17, 15) is 13.2 Å². The van der Waals surface area contributed by atoms with E-state index in [1.54, 1.807) is 0 Å². The molecule has 0 saturated carbocycles. The Balaban J connectivity index is 1.92. The van der Waals surface area contributed by atoms with Gasteiger partial charge >= 0.3 is 0 Å². The van der Waals surface area contributed by atoms with Gasteiger partial charge in [0.1, 0.15) is 0 Å². The van der Waals surface area contributed by atoms with Gasteiger partial charge in [0.15, 0.2) is 17.5 Å². The molecule has 0 fully saturated rings. The Labute approximate surface area is 116 Å². The molecular formula is C16H16F3N. The average Bonchev–Trinajstić information content (AvgIpc) is 2.48. The molecule has 0 aliphatic heterocycles. The van der Waals surface area contributed by atoms with Gasteiger partial charge in [0.05, 0.1) is 5.69 Å². The van der Waals surface area contributed by atoms with Crippen LogP contribution in [0.2, 0.25) is 0 Å². The summed E-state index contributed by atoms with van der Waals surface area (Å²) in [5.41, 5.74) is 1.18. The first kappa shape index (κ1) is 14.4. The smallest absolute Gasteiger partial charge is 0.196 e. The summed E-state index contributed by atoms with van der Waals surface area (Å²) in [7, 11) is 0. The van der Waals surface area contributed by atoms with E-state index in [0.29, 0.717) is 12.5 Å². The van der Waals surface area contributed by atoms with Gasteiger partial charge in [-0.25, -0.2) is 13.2 Å². The van der Waals surface area contributed by atoms with Gasteiger partial charge in [-0.05, 0) is 30.0 Å². The second-order valence-corrected chi connectivity index (χ2v) is 4.75. The van der Waals surface area contributed by atoms with Crippen LogP contribution in [0.25, 0.3) is 0 Å². The van der Waals surface area contributed by atoms with Crippen LogP contribution >= 0.6 is 0 Å². The van der Waals surface area contributed by atoms with E-state index in [4.69, 9.17) is 0 Å². The van der Waals surface area contributed by atoms with Crippen LogP contribution in [-0.2, 0) is 0 Å². The van der Waals surface area contributed by atoms with Gasteiger partial charge < -0.3 is 5.32 Å². The quantitative estimate of drug-likeness (QED) is 0.782. The number of benzene rings is 2. The van der Waals surface area contributed by atoms with Gasteiger partial charge in [0.25, 0.3) is 0 Å². The monoisotopic (exact) mass is 279 g/mol. The molecule has 0 aromatic heterocycles. The van der Waals surface area contributed by atoms with Crippen molar-refractivity contribution in [1.82, 2.24) is 0 Å². The van der Waals surface area contributed by atoms with Crippen LogP contribution in [0.5, 0.6) is 0 Å². The van der Waals surface area contributed by atoms with Crippen molar-refractivity contribution in [2.45, 2.75) is 19.3 Å². The lowest BCUT2D eigenvalue weighted by Gasteiger charge is -2.13. The maximum Gasteiger partial charge on any atom is 0.196 e. The zero-order valence-electron chi connectivity index (χ0n) is 11.2. The SMILES string of the molecule is CC(CCNc1ccc(F)c(F)c1F)c1ccccc1. The molecule has 0 amide bonds. The van der Waals surface area contributed by atoms with E-state index in [-0.39, 0.29) is 5.69 Å². The second kappa shape index (κ2) is 6.46. The number of anilines is 1. The molecule has 2 rings (SSSR count). The highest BCUT2D eigenvalue weighted by molar-refractivity contribution is 5.45. The third-order valence-electron chi connectivity index (χ3n) is 3.30. The van der Waals surface area contributed by atoms with E-state index < -0.39 is 17.5 Å². The van der Waals surface area contributed by atoms with Crippen LogP contribution in [0, 0.1) is 17.5 Å². The maximum absolute atomic E-state index is 13.4. The molecule has 106 valence electrons. The van der Waals surface area contributed by atoms with Crippen LogP contribution in [0.1, 0.15) is 24.8 Å². The maximum atomic E-state index is 13.4. The summed E-state index contributed by atoms with van der Waals surface area (Å²) in [5, 5.41) is 2.80. The van der Waals surface area contributed by atoms with Crippen molar-refractivity contribution in [1.29, 1.82) is 0 Å². The van der Waals surface area contributed by atoms with E-state index in [0.717, 1.165) is 12.5 Å². The van der Waals surface area contributed by atoms with Crippen molar-refractivity contribution in [3.63, 3.8) is 0 Å². The van der Waals surface area contributed by atoms with Gasteiger partial charge in [0, 0.05) is 6.54 Å². The molecule has 0 saturated heterocycles. The third kappa shape index (κ3) is 3.32. The van der Waals surface area contributed by atoms with Crippen molar-refractivity contribution in [3.8, 4) is 0 Å². The van der Waals surface area contributed by atoms with Crippen molar-refractivity contribution >= 4 is 5.69 Å². The average molecular weight is 279 g/mol. The highest BCUT2D eigenvalue weighted by Gasteiger charge is 2.13. The summed E-state index contributed by atoms with van der Waals surface area (Å²) in [6.45, 7) is 2.55. The molecule has 0 bridgehead atoms. The van der Waals surface area contributed by atoms with Crippen molar-refractivity contribution in [2.24, 2.45) is 0 Å². The molecule has 4 heteroatoms. The minimum atomic E-state index is -1.44. The number of halogens is 3. The van der Waals surface area contributed by atoms with Gasteiger partial charge in [-0.1, -0.05) is 37.3 Å². The molecule has 1 nitrogen and oxygen atoms in total. The molecule has 0 radical (unpaired) electrons. The minimum Gasteiger partial charge on any atom is -0.383 e. The summed E-state index contributed by atoms with van der Waals surface area (Å²) < 4.78 is 39.3. The molecule has 2 aromatic rings. The largest absolute Gasteiger partial charge is 0.383 e. The molecular weight excluding hydrogens is 263 g/mol. The summed E-state index contributed by atoms with van der Waals surface area (Å²) in [5.74, 6) is -3.48. The summed E-state index contributed by atoms with van der Waals surface area (Å²) in [6.07, 6.45) is 0.766. The second-order valence-electron chi connectivity index (χ2n) is 4.75. The Hall–Kier alpha value is -1.97. The minimum absolute atomic E-state index is 0.0100. The third-order valence-corrected chi connectivity index (χ3v) is 3.30. The van der Waals surface area contributed by atoms with Gasteiger partial charge in [0.2, 0.25) is 0 Å². The Morgan fingerprint density at radius 2 is 1.65 bits per heavy atom. The van der Waals surface area contributed by atoms with Crippen LogP contribution in [0.15, 0.2) is 42.5 Å². The van der Waals surface area contributed by atoms with Crippen molar-refractivity contribution in [2.75, 3.05) is 11.9 Å². The van der Waals surface area contributed by atoms with Crippen molar-refractivity contribution in [3.05, 3.63) is 65.5 Å². The molecule has 20 heavy (non-hydrogen) atoms. The van der Waals surface area contributed by atoms with E-state index >= 15 is 0 Å². The predicted molar refractivity (Wildman–Crippen MR) is 74.3 cm³/mol. The Bertz CT molecular complexity index is 569. The number of hydrogen-bond acceptors (Lipinski definition) is 1. The van der Waals surface area contributed by atoms with Crippen LogP contribution in [0.4, 0.5) is 18.9 Å². The Morgan fingerprint density at radius 1 is 0.950 bits per heavy atom. The fraction of sp³-hybridized carbons (Fsp3) is 0.250. The molecule has 0 spiro atoms. The lowest BCUT2D eigenvalue weighted by molar-refractivity contribution is 0.449. The molecule has 0 heterocycles. The van der Waals surface area contributed by atoms with Crippen LogP contribution in [-0.4, -0.2) is 6.54 Å². The van der Waals surface area contributed by atoms with Gasteiger partial charge in [-0.3, -0.25) is 0 Å². The molecule has 0 aliphatic rings. The summed E-state index contributed by atoms with van der Waals surface area (Å²) in [4.78, 5) is 0. The highest BCUT2D eigenvalue weighted by atomic mass is 19.2. The molecule has 0 aliphatic carbocycles. The van der Waals surface area contributed by atoms with Gasteiger partial charge in [-0.15, -0.1) is 0 Å². The molecule has 1 N–H and O–H groups in total. The zero-order chi connectivity index (χ0) is 14.5. The van der Waals surface area contributed by atoms with Crippen LogP contribution in [0.3, 0.4) is 0 Å². The molecule has 1 atom stereocenters. The first-order valence-electron chi connectivity index (χ1n) is 6.52. The lowest BCUT2D eigenvalue weighted by atomic mass is 9.98. The summed E-state index contributed by atoms with van der Waals surface area (Å²) >= 11 is 0. The number of nitrogens with one attached hydrogen (secondary N) is 1. The number of rotatable bonds is 5.